The van der Waals surface area contributed by atoms with Crippen molar-refractivity contribution in [3.8, 4) is 11.3 Å². The summed E-state index contributed by atoms with van der Waals surface area (Å²) in [5.74, 6) is 2.12. The second-order valence-corrected chi connectivity index (χ2v) is 9.12. The molecule has 29 heavy (non-hydrogen) atoms. The lowest BCUT2D eigenvalue weighted by Crippen LogP contribution is -2.38. The SMILES string of the molecule is CC(C)CN(Cc1c(-c2ccccc2)noc1N1CCC(C)CC1)C(=O)C(C)C. The third kappa shape index (κ3) is 5.20. The summed E-state index contributed by atoms with van der Waals surface area (Å²) in [5, 5.41) is 4.46. The molecular formula is C24H35N3O2. The molecule has 2 heterocycles. The van der Waals surface area contributed by atoms with Crippen molar-refractivity contribution in [1.29, 1.82) is 0 Å². The quantitative estimate of drug-likeness (QED) is 0.643. The fourth-order valence-electron chi connectivity index (χ4n) is 3.96. The number of aromatic nitrogens is 1. The molecule has 0 saturated carbocycles. The minimum Gasteiger partial charge on any atom is -0.340 e. The molecule has 1 saturated heterocycles. The van der Waals surface area contributed by atoms with Gasteiger partial charge < -0.3 is 14.3 Å². The van der Waals surface area contributed by atoms with Crippen LogP contribution in [0.25, 0.3) is 11.3 Å². The molecule has 0 radical (unpaired) electrons. The minimum absolute atomic E-state index is 0.0342. The maximum absolute atomic E-state index is 12.9. The molecule has 1 aromatic heterocycles. The number of amides is 1. The van der Waals surface area contributed by atoms with E-state index >= 15 is 0 Å². The summed E-state index contributed by atoms with van der Waals surface area (Å²) < 4.78 is 5.91. The van der Waals surface area contributed by atoms with Crippen molar-refractivity contribution in [2.75, 3.05) is 24.5 Å². The van der Waals surface area contributed by atoms with Crippen molar-refractivity contribution in [1.82, 2.24) is 10.1 Å². The van der Waals surface area contributed by atoms with Crippen molar-refractivity contribution in [2.45, 2.75) is 54.0 Å². The lowest BCUT2D eigenvalue weighted by atomic mass is 9.98. The van der Waals surface area contributed by atoms with Crippen LogP contribution in [0.1, 0.15) is 53.0 Å². The Morgan fingerprint density at radius 1 is 1.17 bits per heavy atom. The van der Waals surface area contributed by atoms with Gasteiger partial charge in [0.25, 0.3) is 0 Å². The van der Waals surface area contributed by atoms with Crippen molar-refractivity contribution in [3.05, 3.63) is 35.9 Å². The van der Waals surface area contributed by atoms with Gasteiger partial charge in [-0.3, -0.25) is 4.79 Å². The number of nitrogens with zero attached hydrogens (tertiary/aromatic N) is 3. The highest BCUT2D eigenvalue weighted by molar-refractivity contribution is 5.79. The Bertz CT molecular complexity index is 790. The summed E-state index contributed by atoms with van der Waals surface area (Å²) in [5.41, 5.74) is 2.91. The van der Waals surface area contributed by atoms with Gasteiger partial charge in [0.1, 0.15) is 5.69 Å². The Hall–Kier alpha value is -2.30. The molecule has 1 aliphatic rings. The summed E-state index contributed by atoms with van der Waals surface area (Å²) in [7, 11) is 0. The lowest BCUT2D eigenvalue weighted by molar-refractivity contribution is -0.135. The summed E-state index contributed by atoms with van der Waals surface area (Å²) in [6.07, 6.45) is 2.31. The Morgan fingerprint density at radius 2 is 1.83 bits per heavy atom. The fourth-order valence-corrected chi connectivity index (χ4v) is 3.96. The molecule has 5 nitrogen and oxygen atoms in total. The van der Waals surface area contributed by atoms with Crippen LogP contribution in [0.4, 0.5) is 5.88 Å². The summed E-state index contributed by atoms with van der Waals surface area (Å²) in [6, 6.07) is 10.1. The van der Waals surface area contributed by atoms with Gasteiger partial charge in [-0.25, -0.2) is 0 Å². The topological polar surface area (TPSA) is 49.6 Å². The molecule has 0 atom stereocenters. The van der Waals surface area contributed by atoms with E-state index in [0.717, 1.165) is 61.1 Å². The molecule has 0 N–H and O–H groups in total. The van der Waals surface area contributed by atoms with Gasteiger partial charge in [0.15, 0.2) is 0 Å². The van der Waals surface area contributed by atoms with Gasteiger partial charge in [-0.05, 0) is 24.7 Å². The first kappa shape index (κ1) is 21.4. The van der Waals surface area contributed by atoms with Gasteiger partial charge in [-0.15, -0.1) is 0 Å². The van der Waals surface area contributed by atoms with Crippen LogP contribution in [0, 0.1) is 17.8 Å². The summed E-state index contributed by atoms with van der Waals surface area (Å²) in [6.45, 7) is 13.7. The van der Waals surface area contributed by atoms with Gasteiger partial charge in [0.05, 0.1) is 12.1 Å². The number of benzene rings is 1. The number of piperidine rings is 1. The van der Waals surface area contributed by atoms with Crippen molar-refractivity contribution in [3.63, 3.8) is 0 Å². The van der Waals surface area contributed by atoms with Gasteiger partial charge in [0.2, 0.25) is 11.8 Å². The van der Waals surface area contributed by atoms with Crippen LogP contribution < -0.4 is 4.90 Å². The van der Waals surface area contributed by atoms with Crippen LogP contribution in [-0.4, -0.2) is 35.6 Å². The smallest absolute Gasteiger partial charge is 0.232 e. The molecule has 0 unspecified atom stereocenters. The largest absolute Gasteiger partial charge is 0.340 e. The number of carbonyl (C=O) groups excluding carboxylic acids is 1. The van der Waals surface area contributed by atoms with Gasteiger partial charge >= 0.3 is 0 Å². The van der Waals surface area contributed by atoms with Gasteiger partial charge in [0, 0.05) is 31.1 Å². The number of carbonyl (C=O) groups is 1. The van der Waals surface area contributed by atoms with Crippen molar-refractivity contribution in [2.24, 2.45) is 17.8 Å². The maximum Gasteiger partial charge on any atom is 0.232 e. The maximum atomic E-state index is 12.9. The zero-order valence-electron chi connectivity index (χ0n) is 18.5. The molecule has 0 spiro atoms. The standard InChI is InChI=1S/C24H35N3O2/c1-17(2)15-27(23(28)18(3)4)16-21-22(20-9-7-6-8-10-20)25-29-24(21)26-13-11-19(5)12-14-26/h6-10,17-19H,11-16H2,1-5H3. The third-order valence-electron chi connectivity index (χ3n) is 5.63. The van der Waals surface area contributed by atoms with Crippen molar-refractivity contribution >= 4 is 11.8 Å². The molecule has 2 aromatic rings. The van der Waals surface area contributed by atoms with E-state index in [1.54, 1.807) is 0 Å². The van der Waals surface area contributed by atoms with E-state index < -0.39 is 0 Å². The number of anilines is 1. The molecule has 1 aromatic carbocycles. The van der Waals surface area contributed by atoms with Gasteiger partial charge in [-0.2, -0.15) is 0 Å². The second kappa shape index (κ2) is 9.47. The van der Waals surface area contributed by atoms with Crippen LogP contribution in [0.15, 0.2) is 34.9 Å². The highest BCUT2D eigenvalue weighted by Crippen LogP contribution is 2.34. The molecule has 5 heteroatoms. The van der Waals surface area contributed by atoms with Crippen LogP contribution in [0.2, 0.25) is 0 Å². The highest BCUT2D eigenvalue weighted by atomic mass is 16.5. The van der Waals surface area contributed by atoms with Crippen LogP contribution in [0.3, 0.4) is 0 Å². The Balaban J connectivity index is 1.98. The predicted molar refractivity (Wildman–Crippen MR) is 118 cm³/mol. The molecule has 1 aliphatic heterocycles. The molecule has 1 fully saturated rings. The highest BCUT2D eigenvalue weighted by Gasteiger charge is 2.28. The molecule has 158 valence electrons. The number of rotatable bonds is 7. The van der Waals surface area contributed by atoms with E-state index in [9.17, 15) is 4.79 Å². The van der Waals surface area contributed by atoms with E-state index in [-0.39, 0.29) is 11.8 Å². The van der Waals surface area contributed by atoms with Crippen LogP contribution in [0.5, 0.6) is 0 Å². The van der Waals surface area contributed by atoms with E-state index in [1.807, 2.05) is 36.9 Å². The first-order valence-electron chi connectivity index (χ1n) is 10.9. The van der Waals surface area contributed by atoms with Crippen LogP contribution >= 0.6 is 0 Å². The van der Waals surface area contributed by atoms with E-state index in [2.05, 4.69) is 43.0 Å². The predicted octanol–water partition coefficient (Wildman–Crippen LogP) is 5.22. The van der Waals surface area contributed by atoms with Crippen LogP contribution in [-0.2, 0) is 11.3 Å². The second-order valence-electron chi connectivity index (χ2n) is 9.12. The zero-order chi connectivity index (χ0) is 21.0. The normalized spacial score (nSPS) is 15.3. The first-order chi connectivity index (χ1) is 13.9. The average Bonchev–Trinajstić information content (AvgIpc) is 3.11. The van der Waals surface area contributed by atoms with Crippen molar-refractivity contribution < 1.29 is 9.32 Å². The van der Waals surface area contributed by atoms with E-state index in [0.29, 0.717) is 12.5 Å². The Morgan fingerprint density at radius 3 is 2.41 bits per heavy atom. The molecular weight excluding hydrogens is 362 g/mol. The van der Waals surface area contributed by atoms with Gasteiger partial charge in [-0.1, -0.05) is 70.1 Å². The van der Waals surface area contributed by atoms with E-state index in [1.165, 1.54) is 0 Å². The Kier molecular flexibility index (Phi) is 6.99. The monoisotopic (exact) mass is 397 g/mol. The molecule has 0 aliphatic carbocycles. The molecule has 3 rings (SSSR count). The Labute approximate surface area is 175 Å². The first-order valence-corrected chi connectivity index (χ1v) is 10.9. The zero-order valence-corrected chi connectivity index (χ0v) is 18.5. The fraction of sp³-hybridized carbons (Fsp3) is 0.583. The molecule has 1 amide bonds. The number of hydrogen-bond donors (Lipinski definition) is 0. The average molecular weight is 398 g/mol. The summed E-state index contributed by atoms with van der Waals surface area (Å²) >= 11 is 0. The third-order valence-corrected chi connectivity index (χ3v) is 5.63. The minimum atomic E-state index is -0.0342. The molecule has 0 bridgehead atoms. The number of hydrogen-bond acceptors (Lipinski definition) is 4. The summed E-state index contributed by atoms with van der Waals surface area (Å²) in [4.78, 5) is 17.2. The lowest BCUT2D eigenvalue weighted by Gasteiger charge is -2.31. The van der Waals surface area contributed by atoms with E-state index in [4.69, 9.17) is 4.52 Å².